The van der Waals surface area contributed by atoms with Gasteiger partial charge in [-0.3, -0.25) is 9.69 Å². The summed E-state index contributed by atoms with van der Waals surface area (Å²) in [4.78, 5) is 40.7. The molecule has 0 radical (unpaired) electrons. The molecule has 2 aromatic carbocycles. The maximum Gasteiger partial charge on any atom is 0.410 e. The van der Waals surface area contributed by atoms with Crippen LogP contribution in [0.2, 0.25) is 0 Å². The van der Waals surface area contributed by atoms with Crippen LogP contribution in [0.5, 0.6) is 5.75 Å². The first kappa shape index (κ1) is 24.3. The van der Waals surface area contributed by atoms with E-state index in [1.165, 1.54) is 6.08 Å². The smallest absolute Gasteiger partial charge is 0.410 e. The first-order chi connectivity index (χ1) is 16.6. The van der Waals surface area contributed by atoms with Gasteiger partial charge < -0.3 is 19.5 Å². The predicted molar refractivity (Wildman–Crippen MR) is 130 cm³/mol. The van der Waals surface area contributed by atoms with Gasteiger partial charge in [-0.15, -0.1) is 0 Å². The highest BCUT2D eigenvalue weighted by molar-refractivity contribution is 5.99. The number of nitrogens with zero attached hydrogens (tertiary/aromatic N) is 2. The number of ether oxygens (including phenoxy) is 2. The average Bonchev–Trinajstić information content (AvgIpc) is 2.81. The molecule has 2 amide bonds. The largest absolute Gasteiger partial charge is 0.478 e. The third-order valence-electron chi connectivity index (χ3n) is 6.07. The fourth-order valence-corrected chi connectivity index (χ4v) is 4.38. The lowest BCUT2D eigenvalue weighted by molar-refractivity contribution is -0.131. The van der Waals surface area contributed by atoms with Crippen molar-refractivity contribution in [1.82, 2.24) is 9.80 Å². The average molecular weight is 479 g/mol. The van der Waals surface area contributed by atoms with Gasteiger partial charge in [0.05, 0.1) is 5.56 Å². The van der Waals surface area contributed by atoms with E-state index in [-0.39, 0.29) is 12.0 Å². The highest BCUT2D eigenvalue weighted by Crippen LogP contribution is 2.41. The van der Waals surface area contributed by atoms with Crippen LogP contribution in [0.25, 0.3) is 6.08 Å². The fraction of sp³-hybridized carbons (Fsp3) is 0.370. The number of benzene rings is 2. The van der Waals surface area contributed by atoms with Crippen molar-refractivity contribution in [3.8, 4) is 5.75 Å². The third-order valence-corrected chi connectivity index (χ3v) is 6.07. The molecule has 0 aliphatic carbocycles. The van der Waals surface area contributed by atoms with Gasteiger partial charge in [-0.05, 0) is 50.1 Å². The maximum atomic E-state index is 13.8. The Kier molecular flexibility index (Phi) is 6.56. The van der Waals surface area contributed by atoms with E-state index in [9.17, 15) is 14.4 Å². The second-order valence-electron chi connectivity index (χ2n) is 9.82. The molecule has 2 aliphatic rings. The molecule has 35 heavy (non-hydrogen) atoms. The number of carbonyl (C=O) groups excluding carboxylic acids is 2. The van der Waals surface area contributed by atoms with Crippen LogP contribution in [0.15, 0.2) is 54.6 Å². The summed E-state index contributed by atoms with van der Waals surface area (Å²) < 4.78 is 12.0. The van der Waals surface area contributed by atoms with Gasteiger partial charge in [-0.2, -0.15) is 0 Å². The Morgan fingerprint density at radius 3 is 2.43 bits per heavy atom. The second kappa shape index (κ2) is 9.44. The minimum absolute atomic E-state index is 0.189. The molecule has 0 bridgehead atoms. The fourth-order valence-electron chi connectivity index (χ4n) is 4.38. The van der Waals surface area contributed by atoms with Crippen molar-refractivity contribution in [3.63, 3.8) is 0 Å². The van der Waals surface area contributed by atoms with E-state index in [4.69, 9.17) is 14.6 Å². The normalized spacial score (nSPS) is 17.3. The van der Waals surface area contributed by atoms with Gasteiger partial charge in [0.25, 0.3) is 5.91 Å². The number of fused-ring (bicyclic) bond motifs is 1. The molecule has 8 heteroatoms. The molecule has 4 rings (SSSR count). The van der Waals surface area contributed by atoms with Gasteiger partial charge in [0.1, 0.15) is 11.4 Å². The van der Waals surface area contributed by atoms with Crippen molar-refractivity contribution in [2.75, 3.05) is 13.1 Å². The minimum Gasteiger partial charge on any atom is -0.478 e. The van der Waals surface area contributed by atoms with Crippen molar-refractivity contribution in [3.05, 3.63) is 71.3 Å². The maximum absolute atomic E-state index is 13.8. The lowest BCUT2D eigenvalue weighted by Gasteiger charge is -2.50. The third kappa shape index (κ3) is 5.48. The van der Waals surface area contributed by atoms with Gasteiger partial charge in [-0.1, -0.05) is 36.4 Å². The number of aliphatic carboxylic acids is 1. The molecule has 2 aliphatic heterocycles. The molecule has 0 atom stereocenters. The summed E-state index contributed by atoms with van der Waals surface area (Å²) in [5, 5.41) is 8.94. The van der Waals surface area contributed by atoms with E-state index in [0.29, 0.717) is 49.4 Å². The summed E-state index contributed by atoms with van der Waals surface area (Å²) in [7, 11) is 0. The number of carbonyl (C=O) groups is 3. The van der Waals surface area contributed by atoms with Gasteiger partial charge in [-0.25, -0.2) is 9.59 Å². The first-order valence-corrected chi connectivity index (χ1v) is 11.6. The molecule has 0 saturated carbocycles. The number of amides is 2. The molecule has 1 spiro atoms. The van der Waals surface area contributed by atoms with E-state index in [1.54, 1.807) is 28.0 Å². The number of piperidine rings is 1. The molecular formula is C27H30N2O6. The van der Waals surface area contributed by atoms with Crippen LogP contribution >= 0.6 is 0 Å². The highest BCUT2D eigenvalue weighted by atomic mass is 16.6. The van der Waals surface area contributed by atoms with Gasteiger partial charge in [0, 0.05) is 38.6 Å². The summed E-state index contributed by atoms with van der Waals surface area (Å²) in [6.07, 6.45) is 2.97. The number of carboxylic acid groups (broad SMARTS) is 1. The Hall–Kier alpha value is -3.81. The summed E-state index contributed by atoms with van der Waals surface area (Å²) in [5.74, 6) is -0.796. The van der Waals surface area contributed by atoms with Crippen molar-refractivity contribution in [2.45, 2.75) is 51.5 Å². The van der Waals surface area contributed by atoms with Crippen LogP contribution in [0, 0.1) is 0 Å². The molecule has 0 aromatic heterocycles. The Morgan fingerprint density at radius 2 is 1.80 bits per heavy atom. The van der Waals surface area contributed by atoms with E-state index >= 15 is 0 Å². The number of likely N-dealkylation sites (tertiary alicyclic amines) is 1. The topological polar surface area (TPSA) is 96.4 Å². The predicted octanol–water partition coefficient (Wildman–Crippen LogP) is 4.55. The molecule has 184 valence electrons. The van der Waals surface area contributed by atoms with Gasteiger partial charge in [0.2, 0.25) is 0 Å². The van der Waals surface area contributed by atoms with Crippen LogP contribution in [0.3, 0.4) is 0 Å². The minimum atomic E-state index is -1.06. The van der Waals surface area contributed by atoms with Crippen LogP contribution in [-0.4, -0.2) is 57.3 Å². The molecule has 1 fully saturated rings. The van der Waals surface area contributed by atoms with Crippen molar-refractivity contribution in [1.29, 1.82) is 0 Å². The van der Waals surface area contributed by atoms with E-state index in [1.807, 2.05) is 51.1 Å². The van der Waals surface area contributed by atoms with E-state index < -0.39 is 17.3 Å². The van der Waals surface area contributed by atoms with Gasteiger partial charge in [0.15, 0.2) is 5.72 Å². The number of rotatable bonds is 4. The number of hydrogen-bond acceptors (Lipinski definition) is 5. The summed E-state index contributed by atoms with van der Waals surface area (Å²) in [6.45, 7) is 6.62. The molecule has 8 nitrogen and oxygen atoms in total. The lowest BCUT2D eigenvalue weighted by atomic mass is 9.93. The standard InChI is InChI=1S/C27H30N2O6/c1-26(2,3)35-25(33)28-15-13-27(14-16-28)29(18-20-7-5-4-6-8-20)24(32)21-17-19(10-12-23(30)31)9-11-22(21)34-27/h4-12,17H,13-16,18H2,1-3H3,(H,30,31). The summed E-state index contributed by atoms with van der Waals surface area (Å²) >= 11 is 0. The first-order valence-electron chi connectivity index (χ1n) is 11.6. The lowest BCUT2D eigenvalue weighted by Crippen LogP contribution is -2.63. The monoisotopic (exact) mass is 478 g/mol. The zero-order valence-corrected chi connectivity index (χ0v) is 20.2. The zero-order chi connectivity index (χ0) is 25.2. The Morgan fingerprint density at radius 1 is 1.11 bits per heavy atom. The molecule has 2 aromatic rings. The van der Waals surface area contributed by atoms with Crippen LogP contribution in [-0.2, 0) is 16.1 Å². The zero-order valence-electron chi connectivity index (χ0n) is 20.2. The van der Waals surface area contributed by atoms with Crippen LogP contribution in [0.1, 0.15) is 55.1 Å². The summed E-state index contributed by atoms with van der Waals surface area (Å²) in [5.41, 5.74) is 0.446. The molecular weight excluding hydrogens is 448 g/mol. The SMILES string of the molecule is CC(C)(C)OC(=O)N1CCC2(CC1)Oc1ccc(C=CC(=O)O)cc1C(=O)N2Cc1ccccc1. The van der Waals surface area contributed by atoms with E-state index in [0.717, 1.165) is 11.6 Å². The Balaban J connectivity index is 1.64. The summed E-state index contributed by atoms with van der Waals surface area (Å²) in [6, 6.07) is 14.8. The molecule has 0 unspecified atom stereocenters. The number of hydrogen-bond donors (Lipinski definition) is 1. The quantitative estimate of drug-likeness (QED) is 0.648. The van der Waals surface area contributed by atoms with Gasteiger partial charge >= 0.3 is 12.1 Å². The highest BCUT2D eigenvalue weighted by Gasteiger charge is 2.49. The van der Waals surface area contributed by atoms with Crippen molar-refractivity contribution >= 4 is 24.0 Å². The Labute approximate surface area is 204 Å². The van der Waals surface area contributed by atoms with Crippen molar-refractivity contribution in [2.24, 2.45) is 0 Å². The molecule has 2 heterocycles. The van der Waals surface area contributed by atoms with E-state index in [2.05, 4.69) is 0 Å². The van der Waals surface area contributed by atoms with Crippen LogP contribution in [0.4, 0.5) is 4.79 Å². The van der Waals surface area contributed by atoms with Crippen LogP contribution < -0.4 is 4.74 Å². The molecule has 1 saturated heterocycles. The second-order valence-corrected chi connectivity index (χ2v) is 9.82. The molecule has 1 N–H and O–H groups in total. The number of carboxylic acids is 1. The Bertz CT molecular complexity index is 1140. The van der Waals surface area contributed by atoms with Crippen molar-refractivity contribution < 1.29 is 29.0 Å².